The molecule has 1 saturated heterocycles. The molecular formula is C14H22O3. The highest BCUT2D eigenvalue weighted by Gasteiger charge is 2.44. The third-order valence-corrected chi connectivity index (χ3v) is 4.31. The molecule has 1 saturated carbocycles. The number of aliphatic hydroxyl groups excluding tert-OH is 1. The molecule has 3 atom stereocenters. The zero-order chi connectivity index (χ0) is 11.7. The van der Waals surface area contributed by atoms with E-state index in [1.54, 1.807) is 0 Å². The lowest BCUT2D eigenvalue weighted by molar-refractivity contribution is -0.190. The molecule has 3 heteroatoms. The number of ether oxygens (including phenoxy) is 2. The first-order valence-electron chi connectivity index (χ1n) is 6.94. The van der Waals surface area contributed by atoms with E-state index in [1.165, 1.54) is 19.3 Å². The molecule has 1 spiro atoms. The lowest BCUT2D eigenvalue weighted by Crippen LogP contribution is -2.35. The van der Waals surface area contributed by atoms with Gasteiger partial charge in [-0.3, -0.25) is 0 Å². The molecule has 0 radical (unpaired) electrons. The topological polar surface area (TPSA) is 38.7 Å². The maximum absolute atomic E-state index is 9.69. The van der Waals surface area contributed by atoms with Gasteiger partial charge in [0.25, 0.3) is 0 Å². The number of aliphatic hydroxyl groups is 1. The van der Waals surface area contributed by atoms with E-state index in [0.717, 1.165) is 25.7 Å². The van der Waals surface area contributed by atoms with Crippen molar-refractivity contribution in [2.45, 2.75) is 62.9 Å². The summed E-state index contributed by atoms with van der Waals surface area (Å²) >= 11 is 0. The van der Waals surface area contributed by atoms with Crippen LogP contribution in [0, 0.1) is 5.92 Å². The van der Waals surface area contributed by atoms with Crippen LogP contribution >= 0.6 is 0 Å². The van der Waals surface area contributed by atoms with Gasteiger partial charge in [0.2, 0.25) is 0 Å². The summed E-state index contributed by atoms with van der Waals surface area (Å²) < 4.78 is 12.1. The lowest BCUT2D eigenvalue weighted by atomic mass is 9.89. The molecule has 0 bridgehead atoms. The second kappa shape index (κ2) is 4.71. The van der Waals surface area contributed by atoms with Gasteiger partial charge < -0.3 is 14.6 Å². The molecule has 1 N–H and O–H groups in total. The molecule has 0 aromatic carbocycles. The number of hydrogen-bond donors (Lipinski definition) is 1. The highest BCUT2D eigenvalue weighted by molar-refractivity contribution is 5.01. The summed E-state index contributed by atoms with van der Waals surface area (Å²) in [7, 11) is 0. The van der Waals surface area contributed by atoms with E-state index in [9.17, 15) is 5.11 Å². The van der Waals surface area contributed by atoms with E-state index in [2.05, 4.69) is 12.2 Å². The van der Waals surface area contributed by atoms with Crippen molar-refractivity contribution < 1.29 is 14.6 Å². The minimum Gasteiger partial charge on any atom is -0.393 e. The Kier molecular flexibility index (Phi) is 3.24. The summed E-state index contributed by atoms with van der Waals surface area (Å²) in [6, 6.07) is 0. The highest BCUT2D eigenvalue weighted by atomic mass is 16.7. The van der Waals surface area contributed by atoms with Gasteiger partial charge in [0.05, 0.1) is 18.8 Å². The zero-order valence-corrected chi connectivity index (χ0v) is 10.3. The molecule has 1 heterocycles. The van der Waals surface area contributed by atoms with Crippen LogP contribution in [0.25, 0.3) is 0 Å². The van der Waals surface area contributed by atoms with Crippen molar-refractivity contribution in [3.05, 3.63) is 12.2 Å². The summed E-state index contributed by atoms with van der Waals surface area (Å²) in [5, 5.41) is 9.69. The molecule has 0 amide bonds. The van der Waals surface area contributed by atoms with Gasteiger partial charge >= 0.3 is 0 Å². The van der Waals surface area contributed by atoms with Gasteiger partial charge in [-0.05, 0) is 25.7 Å². The first-order valence-corrected chi connectivity index (χ1v) is 6.94. The molecule has 0 aromatic rings. The Morgan fingerprint density at radius 3 is 2.76 bits per heavy atom. The van der Waals surface area contributed by atoms with Crippen LogP contribution in [0.3, 0.4) is 0 Å². The van der Waals surface area contributed by atoms with Crippen molar-refractivity contribution in [1.82, 2.24) is 0 Å². The van der Waals surface area contributed by atoms with E-state index < -0.39 is 0 Å². The SMILES string of the molecule is O[C@@H]1CC=C[C@H]([C@H]2COC3(CCCCC3)O2)C1. The molecule has 17 heavy (non-hydrogen) atoms. The van der Waals surface area contributed by atoms with Gasteiger partial charge in [-0.1, -0.05) is 18.6 Å². The van der Waals surface area contributed by atoms with Crippen molar-refractivity contribution in [3.63, 3.8) is 0 Å². The van der Waals surface area contributed by atoms with Crippen molar-refractivity contribution in [1.29, 1.82) is 0 Å². The normalized spacial score (nSPS) is 40.9. The summed E-state index contributed by atoms with van der Waals surface area (Å²) in [5.41, 5.74) is 0. The Morgan fingerprint density at radius 2 is 2.00 bits per heavy atom. The van der Waals surface area contributed by atoms with Crippen molar-refractivity contribution >= 4 is 0 Å². The molecule has 1 aliphatic heterocycles. The summed E-state index contributed by atoms with van der Waals surface area (Å²) in [6.07, 6.45) is 11.7. The second-order valence-electron chi connectivity index (χ2n) is 5.66. The van der Waals surface area contributed by atoms with E-state index in [-0.39, 0.29) is 18.0 Å². The Labute approximate surface area is 103 Å². The largest absolute Gasteiger partial charge is 0.393 e. The van der Waals surface area contributed by atoms with Crippen LogP contribution in [0.2, 0.25) is 0 Å². The molecule has 3 rings (SSSR count). The third-order valence-electron chi connectivity index (χ3n) is 4.31. The van der Waals surface area contributed by atoms with Gasteiger partial charge in [-0.2, -0.15) is 0 Å². The monoisotopic (exact) mass is 238 g/mol. The van der Waals surface area contributed by atoms with Crippen molar-refractivity contribution in [3.8, 4) is 0 Å². The Balaban J connectivity index is 1.63. The van der Waals surface area contributed by atoms with Crippen LogP contribution in [0.4, 0.5) is 0 Å². The number of hydrogen-bond acceptors (Lipinski definition) is 3. The highest BCUT2D eigenvalue weighted by Crippen LogP contribution is 2.40. The standard InChI is InChI=1S/C14H22O3/c15-12-6-4-5-11(9-12)13-10-16-14(17-13)7-2-1-3-8-14/h4-5,11-13,15H,1-3,6-10H2/t11-,12+,13+/m0/s1. The van der Waals surface area contributed by atoms with E-state index in [4.69, 9.17) is 9.47 Å². The summed E-state index contributed by atoms with van der Waals surface area (Å²) in [4.78, 5) is 0. The Morgan fingerprint density at radius 1 is 1.18 bits per heavy atom. The second-order valence-corrected chi connectivity index (χ2v) is 5.66. The predicted octanol–water partition coefficient (Wildman–Crippen LogP) is 2.39. The van der Waals surface area contributed by atoms with Crippen LogP contribution in [0.5, 0.6) is 0 Å². The minimum absolute atomic E-state index is 0.152. The summed E-state index contributed by atoms with van der Waals surface area (Å²) in [5.74, 6) is 0.0548. The molecule has 96 valence electrons. The van der Waals surface area contributed by atoms with Crippen LogP contribution < -0.4 is 0 Å². The molecule has 2 aliphatic carbocycles. The van der Waals surface area contributed by atoms with Crippen molar-refractivity contribution in [2.75, 3.05) is 6.61 Å². The maximum atomic E-state index is 9.69. The van der Waals surface area contributed by atoms with Gasteiger partial charge in [-0.25, -0.2) is 0 Å². The van der Waals surface area contributed by atoms with E-state index in [1.807, 2.05) is 0 Å². The van der Waals surface area contributed by atoms with E-state index >= 15 is 0 Å². The minimum atomic E-state index is -0.279. The molecule has 2 fully saturated rings. The fraction of sp³-hybridized carbons (Fsp3) is 0.857. The van der Waals surface area contributed by atoms with Gasteiger partial charge in [0.1, 0.15) is 0 Å². The molecular weight excluding hydrogens is 216 g/mol. The zero-order valence-electron chi connectivity index (χ0n) is 10.3. The Hall–Kier alpha value is -0.380. The van der Waals surface area contributed by atoms with Gasteiger partial charge in [0.15, 0.2) is 5.79 Å². The fourth-order valence-electron chi connectivity index (χ4n) is 3.32. The summed E-state index contributed by atoms with van der Waals surface area (Å²) in [6.45, 7) is 0.696. The maximum Gasteiger partial charge on any atom is 0.168 e. The van der Waals surface area contributed by atoms with Gasteiger partial charge in [0, 0.05) is 18.8 Å². The molecule has 3 nitrogen and oxygen atoms in total. The predicted molar refractivity (Wildman–Crippen MR) is 64.5 cm³/mol. The smallest absolute Gasteiger partial charge is 0.168 e. The van der Waals surface area contributed by atoms with Crippen LogP contribution in [0.15, 0.2) is 12.2 Å². The number of rotatable bonds is 1. The average molecular weight is 238 g/mol. The quantitative estimate of drug-likeness (QED) is 0.713. The fourth-order valence-corrected chi connectivity index (χ4v) is 3.32. The molecule has 3 aliphatic rings. The van der Waals surface area contributed by atoms with Crippen LogP contribution in [-0.4, -0.2) is 29.7 Å². The lowest BCUT2D eigenvalue weighted by Gasteiger charge is -2.33. The average Bonchev–Trinajstić information content (AvgIpc) is 2.74. The van der Waals surface area contributed by atoms with E-state index in [0.29, 0.717) is 12.5 Å². The van der Waals surface area contributed by atoms with Crippen LogP contribution in [0.1, 0.15) is 44.9 Å². The van der Waals surface area contributed by atoms with Crippen molar-refractivity contribution in [2.24, 2.45) is 5.92 Å². The molecule has 0 unspecified atom stereocenters. The molecule has 0 aromatic heterocycles. The van der Waals surface area contributed by atoms with Crippen LogP contribution in [-0.2, 0) is 9.47 Å². The third kappa shape index (κ3) is 2.42. The Bertz CT molecular complexity index is 294. The first-order chi connectivity index (χ1) is 8.27. The van der Waals surface area contributed by atoms with Gasteiger partial charge in [-0.15, -0.1) is 0 Å². The first kappa shape index (κ1) is 11.7.